The predicted octanol–water partition coefficient (Wildman–Crippen LogP) is 3.19. The zero-order valence-corrected chi connectivity index (χ0v) is 15.8. The van der Waals surface area contributed by atoms with E-state index in [-0.39, 0.29) is 22.4 Å². The number of anilines is 1. The molecule has 0 bridgehead atoms. The third kappa shape index (κ3) is 4.45. The second-order valence-corrected chi connectivity index (χ2v) is 8.48. The maximum Gasteiger partial charge on any atom is 0.267 e. The number of halogens is 2. The second-order valence-electron chi connectivity index (χ2n) is 6.40. The molecule has 0 saturated heterocycles. The highest BCUT2D eigenvalue weighted by atomic mass is 35.5. The van der Waals surface area contributed by atoms with Crippen LogP contribution in [0, 0.1) is 17.7 Å². The van der Waals surface area contributed by atoms with Crippen molar-refractivity contribution in [1.82, 2.24) is 4.72 Å². The van der Waals surface area contributed by atoms with Crippen molar-refractivity contribution in [2.45, 2.75) is 18.2 Å². The summed E-state index contributed by atoms with van der Waals surface area (Å²) in [6, 6.07) is 8.76. The van der Waals surface area contributed by atoms with Crippen LogP contribution in [0.25, 0.3) is 0 Å². The molecule has 2 N–H and O–H groups in total. The van der Waals surface area contributed by atoms with E-state index in [1.807, 2.05) is 6.92 Å². The second kappa shape index (κ2) is 7.28. The van der Waals surface area contributed by atoms with Crippen LogP contribution in [0.3, 0.4) is 0 Å². The number of benzene rings is 2. The SMILES string of the molecule is CC1CC1C(=O)Nc1ccc(C(=O)NS(=O)(=O)c2ccc(Cl)cc2F)cc1. The van der Waals surface area contributed by atoms with Crippen molar-refractivity contribution in [3.05, 3.63) is 58.9 Å². The molecule has 1 saturated carbocycles. The molecule has 1 aliphatic carbocycles. The van der Waals surface area contributed by atoms with E-state index in [0.717, 1.165) is 18.6 Å². The van der Waals surface area contributed by atoms with Crippen LogP contribution in [0.5, 0.6) is 0 Å². The lowest BCUT2D eigenvalue weighted by molar-refractivity contribution is -0.117. The van der Waals surface area contributed by atoms with E-state index >= 15 is 0 Å². The molecule has 2 atom stereocenters. The first kappa shape index (κ1) is 19.3. The maximum atomic E-state index is 13.8. The van der Waals surface area contributed by atoms with Gasteiger partial charge in [-0.1, -0.05) is 18.5 Å². The third-order valence-electron chi connectivity index (χ3n) is 4.27. The summed E-state index contributed by atoms with van der Waals surface area (Å²) in [5.74, 6) is -1.69. The number of hydrogen-bond acceptors (Lipinski definition) is 4. The van der Waals surface area contributed by atoms with Crippen LogP contribution in [0.4, 0.5) is 10.1 Å². The molecule has 6 nitrogen and oxygen atoms in total. The molecular weight excluding hydrogens is 395 g/mol. The highest BCUT2D eigenvalue weighted by molar-refractivity contribution is 7.90. The van der Waals surface area contributed by atoms with Crippen molar-refractivity contribution < 1.29 is 22.4 Å². The molecule has 9 heteroatoms. The Morgan fingerprint density at radius 1 is 1.15 bits per heavy atom. The van der Waals surface area contributed by atoms with E-state index in [2.05, 4.69) is 5.32 Å². The van der Waals surface area contributed by atoms with Gasteiger partial charge < -0.3 is 5.32 Å². The maximum absolute atomic E-state index is 13.8. The molecule has 0 heterocycles. The molecule has 0 aliphatic heterocycles. The summed E-state index contributed by atoms with van der Waals surface area (Å²) in [6.45, 7) is 1.99. The van der Waals surface area contributed by atoms with Gasteiger partial charge >= 0.3 is 0 Å². The number of sulfonamides is 1. The summed E-state index contributed by atoms with van der Waals surface area (Å²) < 4.78 is 40.0. The number of hydrogen-bond donors (Lipinski definition) is 2. The molecule has 1 fully saturated rings. The van der Waals surface area contributed by atoms with Crippen molar-refractivity contribution in [2.24, 2.45) is 11.8 Å². The summed E-state index contributed by atoms with van der Waals surface area (Å²) in [6.07, 6.45) is 0.853. The van der Waals surface area contributed by atoms with Gasteiger partial charge in [-0.15, -0.1) is 0 Å². The van der Waals surface area contributed by atoms with Gasteiger partial charge in [-0.05, 0) is 54.8 Å². The molecule has 0 aromatic heterocycles. The fraction of sp³-hybridized carbons (Fsp3) is 0.222. The smallest absolute Gasteiger partial charge is 0.267 e. The Labute approximate surface area is 160 Å². The number of carbonyl (C=O) groups is 2. The Bertz CT molecular complexity index is 1010. The quantitative estimate of drug-likeness (QED) is 0.791. The van der Waals surface area contributed by atoms with Crippen LogP contribution in [0.15, 0.2) is 47.4 Å². The monoisotopic (exact) mass is 410 g/mol. The average molecular weight is 411 g/mol. The number of nitrogens with one attached hydrogen (secondary N) is 2. The van der Waals surface area contributed by atoms with Crippen LogP contribution < -0.4 is 10.0 Å². The van der Waals surface area contributed by atoms with Gasteiger partial charge in [0.25, 0.3) is 15.9 Å². The van der Waals surface area contributed by atoms with E-state index < -0.39 is 26.6 Å². The van der Waals surface area contributed by atoms with Gasteiger partial charge in [-0.25, -0.2) is 17.5 Å². The first-order valence-electron chi connectivity index (χ1n) is 8.10. The van der Waals surface area contributed by atoms with Gasteiger partial charge in [0.15, 0.2) is 0 Å². The topological polar surface area (TPSA) is 92.3 Å². The fourth-order valence-electron chi connectivity index (χ4n) is 2.56. The standard InChI is InChI=1S/C18H16ClFN2O4S/c1-10-8-14(10)18(24)21-13-5-2-11(3-6-13)17(23)22-27(25,26)16-7-4-12(19)9-15(16)20/h2-7,9-10,14H,8H2,1H3,(H,21,24)(H,22,23). The van der Waals surface area contributed by atoms with Crippen molar-refractivity contribution in [3.63, 3.8) is 0 Å². The Kier molecular flexibility index (Phi) is 5.21. The molecular formula is C18H16ClFN2O4S. The molecule has 2 aromatic rings. The Balaban J connectivity index is 1.69. The van der Waals surface area contributed by atoms with Crippen LogP contribution in [-0.2, 0) is 14.8 Å². The Morgan fingerprint density at radius 3 is 2.33 bits per heavy atom. The zero-order valence-electron chi connectivity index (χ0n) is 14.2. The lowest BCUT2D eigenvalue weighted by Gasteiger charge is -2.09. The van der Waals surface area contributed by atoms with Gasteiger partial charge in [0.05, 0.1) is 0 Å². The predicted molar refractivity (Wildman–Crippen MR) is 98.4 cm³/mol. The molecule has 27 heavy (non-hydrogen) atoms. The Hall–Kier alpha value is -2.45. The van der Waals surface area contributed by atoms with Crippen LogP contribution >= 0.6 is 11.6 Å². The van der Waals surface area contributed by atoms with Crippen molar-refractivity contribution in [1.29, 1.82) is 0 Å². The van der Waals surface area contributed by atoms with Crippen molar-refractivity contribution in [2.75, 3.05) is 5.32 Å². The van der Waals surface area contributed by atoms with E-state index in [9.17, 15) is 22.4 Å². The van der Waals surface area contributed by atoms with E-state index in [1.165, 1.54) is 30.3 Å². The van der Waals surface area contributed by atoms with Gasteiger partial charge in [0.1, 0.15) is 10.7 Å². The van der Waals surface area contributed by atoms with Crippen molar-refractivity contribution >= 4 is 39.1 Å². The van der Waals surface area contributed by atoms with E-state index in [1.54, 1.807) is 4.72 Å². The van der Waals surface area contributed by atoms with Crippen LogP contribution in [-0.4, -0.2) is 20.2 Å². The summed E-state index contributed by atoms with van der Waals surface area (Å²) in [5, 5.41) is 2.77. The average Bonchev–Trinajstić information content (AvgIpc) is 3.31. The summed E-state index contributed by atoms with van der Waals surface area (Å²) in [5.41, 5.74) is 0.549. The number of amides is 2. The minimum absolute atomic E-state index is 0.00684. The van der Waals surface area contributed by atoms with Crippen LogP contribution in [0.2, 0.25) is 5.02 Å². The summed E-state index contributed by atoms with van der Waals surface area (Å²) >= 11 is 5.60. The lowest BCUT2D eigenvalue weighted by Crippen LogP contribution is -2.31. The first-order valence-corrected chi connectivity index (χ1v) is 9.96. The van der Waals surface area contributed by atoms with Gasteiger partial charge in [0, 0.05) is 22.2 Å². The molecule has 2 aromatic carbocycles. The highest BCUT2D eigenvalue weighted by Gasteiger charge is 2.39. The number of carbonyl (C=O) groups excluding carboxylic acids is 2. The molecule has 0 spiro atoms. The van der Waals surface area contributed by atoms with Gasteiger partial charge in [0.2, 0.25) is 5.91 Å². The lowest BCUT2D eigenvalue weighted by atomic mass is 10.2. The minimum Gasteiger partial charge on any atom is -0.326 e. The zero-order chi connectivity index (χ0) is 19.8. The molecule has 1 aliphatic rings. The highest BCUT2D eigenvalue weighted by Crippen LogP contribution is 2.38. The van der Waals surface area contributed by atoms with Crippen molar-refractivity contribution in [3.8, 4) is 0 Å². The summed E-state index contributed by atoms with van der Waals surface area (Å²) in [7, 11) is -4.40. The van der Waals surface area contributed by atoms with E-state index in [0.29, 0.717) is 11.6 Å². The Morgan fingerprint density at radius 2 is 1.78 bits per heavy atom. The summed E-state index contributed by atoms with van der Waals surface area (Å²) in [4.78, 5) is 23.4. The largest absolute Gasteiger partial charge is 0.326 e. The number of rotatable bonds is 5. The van der Waals surface area contributed by atoms with E-state index in [4.69, 9.17) is 11.6 Å². The minimum atomic E-state index is -4.40. The normalized spacial score (nSPS) is 18.6. The first-order chi connectivity index (χ1) is 12.7. The fourth-order valence-corrected chi connectivity index (χ4v) is 3.75. The third-order valence-corrected chi connectivity index (χ3v) is 5.87. The molecule has 0 radical (unpaired) electrons. The molecule has 2 amide bonds. The van der Waals surface area contributed by atoms with Crippen LogP contribution in [0.1, 0.15) is 23.7 Å². The van der Waals surface area contributed by atoms with Gasteiger partial charge in [-0.3, -0.25) is 9.59 Å². The molecule has 2 unspecified atom stereocenters. The van der Waals surface area contributed by atoms with Gasteiger partial charge in [-0.2, -0.15) is 0 Å². The molecule has 142 valence electrons. The molecule has 3 rings (SSSR count).